The van der Waals surface area contributed by atoms with Gasteiger partial charge in [0.05, 0.1) is 0 Å². The lowest BCUT2D eigenvalue weighted by Gasteiger charge is -1.82. The molecule has 0 amide bonds. The monoisotopic (exact) mass is 192 g/mol. The summed E-state index contributed by atoms with van der Waals surface area (Å²) in [6, 6.07) is -5.09. The highest BCUT2D eigenvalue weighted by atomic mass is 31.2. The predicted molar refractivity (Wildman–Crippen MR) is 26.5 cm³/mol. The molecular formula is C2H3F2O6P. The van der Waals surface area contributed by atoms with E-state index in [9.17, 15) is 8.78 Å². The highest BCUT2D eigenvalue weighted by molar-refractivity contribution is 7.45. The molecule has 0 aromatic heterocycles. The van der Waals surface area contributed by atoms with Gasteiger partial charge in [-0.15, -0.1) is 0 Å². The average molecular weight is 192 g/mol. The number of carbonyl (C=O) groups is 2. The summed E-state index contributed by atoms with van der Waals surface area (Å²) in [5.74, 6) is 0. The molecule has 0 saturated carbocycles. The van der Waals surface area contributed by atoms with Crippen molar-refractivity contribution >= 4 is 19.9 Å². The van der Waals surface area contributed by atoms with Crippen LogP contribution < -0.4 is 0 Å². The summed E-state index contributed by atoms with van der Waals surface area (Å²) in [5, 5.41) is 0. The molecule has 0 radical (unpaired) electrons. The van der Waals surface area contributed by atoms with E-state index in [0.29, 0.717) is 0 Å². The zero-order valence-electron chi connectivity index (χ0n) is 4.77. The molecule has 0 unspecified atom stereocenters. The molecule has 0 aliphatic heterocycles. The maximum atomic E-state index is 10.5. The Morgan fingerprint density at radius 3 is 1.09 bits per heavy atom. The minimum Gasteiger partial charge on any atom is -0.303 e. The van der Waals surface area contributed by atoms with Crippen LogP contribution in [0.4, 0.5) is 8.78 Å². The van der Waals surface area contributed by atoms with E-state index in [0.717, 1.165) is 0 Å². The van der Waals surface area contributed by atoms with Gasteiger partial charge in [0.25, 0.3) is 0 Å². The topological polar surface area (TPSA) is 112 Å². The van der Waals surface area contributed by atoms with E-state index >= 15 is 0 Å². The lowest BCUT2D eigenvalue weighted by molar-refractivity contribution is -0.149. The quantitative estimate of drug-likeness (QED) is 0.280. The third-order valence-electron chi connectivity index (χ3n) is 0.155. The van der Waals surface area contributed by atoms with E-state index in [1.54, 1.807) is 0 Å². The van der Waals surface area contributed by atoms with Crippen molar-refractivity contribution in [3.05, 3.63) is 0 Å². The predicted octanol–water partition coefficient (Wildman–Crippen LogP) is -0.950. The Balaban J connectivity index is 0. The smallest absolute Gasteiger partial charge is 0.303 e. The van der Waals surface area contributed by atoms with Gasteiger partial charge in [-0.2, -0.15) is 8.78 Å². The molecular weight excluding hydrogens is 189 g/mol. The average Bonchev–Trinajstić information content (AvgIpc) is 1.59. The summed E-state index contributed by atoms with van der Waals surface area (Å²) in [6.45, 7) is 0. The van der Waals surface area contributed by atoms with Crippen molar-refractivity contribution in [1.29, 1.82) is 0 Å². The van der Waals surface area contributed by atoms with E-state index in [1.165, 1.54) is 0 Å². The first-order chi connectivity index (χ1) is 4.64. The van der Waals surface area contributed by atoms with Crippen molar-refractivity contribution in [2.24, 2.45) is 0 Å². The molecule has 0 aliphatic carbocycles. The molecule has 0 heterocycles. The summed E-state index contributed by atoms with van der Waals surface area (Å²) in [4.78, 5) is 39.1. The zero-order chi connectivity index (χ0) is 9.65. The van der Waals surface area contributed by atoms with Crippen molar-refractivity contribution in [3.8, 4) is 0 Å². The molecule has 0 aliphatic rings. The number of phosphoric acid groups is 1. The minimum absolute atomic E-state index is 2.55. The standard InChI is InChI=1S/C2F2O2.H3O4P/c3-1(5)2(4)6;1-5(2,3)4/h;(H3,1,2,3,4). The number of halogens is 2. The van der Waals surface area contributed by atoms with Gasteiger partial charge in [0.15, 0.2) is 0 Å². The van der Waals surface area contributed by atoms with Gasteiger partial charge in [-0.05, 0) is 0 Å². The fourth-order valence-corrected chi connectivity index (χ4v) is 0. The Hall–Kier alpha value is -0.690. The molecule has 0 aromatic carbocycles. The number of hydrogen-bond acceptors (Lipinski definition) is 3. The Labute approximate surface area is 58.7 Å². The molecule has 11 heavy (non-hydrogen) atoms. The van der Waals surface area contributed by atoms with E-state index in [4.69, 9.17) is 28.8 Å². The molecule has 0 bridgehead atoms. The van der Waals surface area contributed by atoms with Crippen molar-refractivity contribution in [2.45, 2.75) is 0 Å². The van der Waals surface area contributed by atoms with Crippen LogP contribution in [0.25, 0.3) is 0 Å². The first-order valence-electron chi connectivity index (χ1n) is 1.82. The van der Waals surface area contributed by atoms with E-state index in [1.807, 2.05) is 0 Å². The summed E-state index contributed by atoms with van der Waals surface area (Å²) in [6.07, 6.45) is 0. The van der Waals surface area contributed by atoms with Crippen LogP contribution in [0.15, 0.2) is 0 Å². The third kappa shape index (κ3) is 45.4. The Morgan fingerprint density at radius 2 is 1.09 bits per heavy atom. The van der Waals surface area contributed by atoms with E-state index < -0.39 is 19.9 Å². The molecule has 0 aromatic rings. The Kier molecular flexibility index (Phi) is 5.91. The van der Waals surface area contributed by atoms with Crippen molar-refractivity contribution in [2.75, 3.05) is 0 Å². The normalized spacial score (nSPS) is 9.55. The molecule has 0 saturated heterocycles. The van der Waals surface area contributed by atoms with Gasteiger partial charge in [-0.25, -0.2) is 14.2 Å². The van der Waals surface area contributed by atoms with Crippen molar-refractivity contribution < 1.29 is 37.6 Å². The van der Waals surface area contributed by atoms with Crippen LogP contribution in [0.2, 0.25) is 0 Å². The van der Waals surface area contributed by atoms with Crippen molar-refractivity contribution in [1.82, 2.24) is 0 Å². The second-order valence-electron chi connectivity index (χ2n) is 1.06. The number of carbonyl (C=O) groups excluding carboxylic acids is 2. The van der Waals surface area contributed by atoms with Gasteiger partial charge >= 0.3 is 19.9 Å². The molecule has 66 valence electrons. The summed E-state index contributed by atoms with van der Waals surface area (Å²) in [5.41, 5.74) is 0. The molecule has 0 fully saturated rings. The minimum atomic E-state index is -4.64. The van der Waals surface area contributed by atoms with Crippen LogP contribution in [0.3, 0.4) is 0 Å². The van der Waals surface area contributed by atoms with Crippen LogP contribution in [0, 0.1) is 0 Å². The molecule has 6 nitrogen and oxygen atoms in total. The second kappa shape index (κ2) is 5.03. The van der Waals surface area contributed by atoms with Gasteiger partial charge in [-0.1, -0.05) is 0 Å². The first-order valence-corrected chi connectivity index (χ1v) is 3.38. The van der Waals surface area contributed by atoms with Crippen LogP contribution in [-0.2, 0) is 14.2 Å². The van der Waals surface area contributed by atoms with Gasteiger partial charge in [-0.3, -0.25) is 0 Å². The fourth-order valence-electron chi connectivity index (χ4n) is 0. The summed E-state index contributed by atoms with van der Waals surface area (Å²) >= 11 is 0. The Morgan fingerprint density at radius 1 is 1.00 bits per heavy atom. The lowest BCUT2D eigenvalue weighted by atomic mass is 10.8. The molecule has 0 spiro atoms. The summed E-state index contributed by atoms with van der Waals surface area (Å²) < 4.78 is 29.8. The van der Waals surface area contributed by atoms with E-state index in [2.05, 4.69) is 0 Å². The second-order valence-corrected chi connectivity index (χ2v) is 2.09. The fraction of sp³-hybridized carbons (Fsp3) is 0. The molecule has 0 atom stereocenters. The lowest BCUT2D eigenvalue weighted by Crippen LogP contribution is -1.97. The molecule has 3 N–H and O–H groups in total. The van der Waals surface area contributed by atoms with Gasteiger partial charge in [0.2, 0.25) is 0 Å². The molecule has 0 rings (SSSR count). The SMILES string of the molecule is O=C(F)C(=O)F.O=P(O)(O)O. The molecule has 9 heteroatoms. The maximum absolute atomic E-state index is 10.5. The van der Waals surface area contributed by atoms with E-state index in [-0.39, 0.29) is 0 Å². The highest BCUT2D eigenvalue weighted by Crippen LogP contribution is 2.25. The summed E-state index contributed by atoms with van der Waals surface area (Å²) in [7, 11) is -4.64. The highest BCUT2D eigenvalue weighted by Gasteiger charge is 2.07. The van der Waals surface area contributed by atoms with Gasteiger partial charge < -0.3 is 14.7 Å². The van der Waals surface area contributed by atoms with Gasteiger partial charge in [0.1, 0.15) is 0 Å². The third-order valence-corrected chi connectivity index (χ3v) is 0.155. The first kappa shape index (κ1) is 12.9. The van der Waals surface area contributed by atoms with Crippen LogP contribution in [0.1, 0.15) is 0 Å². The van der Waals surface area contributed by atoms with Crippen LogP contribution in [0.5, 0.6) is 0 Å². The largest absolute Gasteiger partial charge is 0.466 e. The van der Waals surface area contributed by atoms with Crippen LogP contribution >= 0.6 is 7.82 Å². The van der Waals surface area contributed by atoms with Crippen LogP contribution in [-0.4, -0.2) is 26.8 Å². The van der Waals surface area contributed by atoms with Gasteiger partial charge in [0, 0.05) is 0 Å². The zero-order valence-corrected chi connectivity index (χ0v) is 5.66. The maximum Gasteiger partial charge on any atom is 0.466 e. The Bertz CT molecular complexity index is 174. The number of rotatable bonds is 1. The number of hydrogen-bond donors (Lipinski definition) is 3. The van der Waals surface area contributed by atoms with Crippen molar-refractivity contribution in [3.63, 3.8) is 0 Å².